The van der Waals surface area contributed by atoms with Gasteiger partial charge in [0.1, 0.15) is 11.6 Å². The normalized spacial score (nSPS) is 14.2. The molecule has 1 saturated heterocycles. The second-order valence-corrected chi connectivity index (χ2v) is 9.66. The molecule has 0 saturated carbocycles. The lowest BCUT2D eigenvalue weighted by Gasteiger charge is -2.23. The summed E-state index contributed by atoms with van der Waals surface area (Å²) in [7, 11) is 0. The van der Waals surface area contributed by atoms with Gasteiger partial charge in [0.25, 0.3) is 0 Å². The molecule has 194 valence electrons. The van der Waals surface area contributed by atoms with Crippen molar-refractivity contribution in [3.8, 4) is 5.69 Å². The highest BCUT2D eigenvalue weighted by molar-refractivity contribution is 5.92. The third-order valence-electron chi connectivity index (χ3n) is 6.99. The Balaban J connectivity index is 1.29. The van der Waals surface area contributed by atoms with Crippen LogP contribution in [0, 0.1) is 0 Å². The van der Waals surface area contributed by atoms with E-state index in [4.69, 9.17) is 15.1 Å². The number of para-hydroxylation sites is 1. The number of nitrogens with zero attached hydrogens (tertiary/aromatic N) is 6. The minimum Gasteiger partial charge on any atom is -0.354 e. The van der Waals surface area contributed by atoms with E-state index in [0.29, 0.717) is 26.1 Å². The molecule has 39 heavy (non-hydrogen) atoms. The third kappa shape index (κ3) is 5.57. The van der Waals surface area contributed by atoms with Crippen molar-refractivity contribution >= 4 is 28.8 Å². The zero-order valence-electron chi connectivity index (χ0n) is 21.7. The minimum atomic E-state index is 0.0372. The van der Waals surface area contributed by atoms with Crippen molar-refractivity contribution in [3.05, 3.63) is 120 Å². The first kappa shape index (κ1) is 24.6. The van der Waals surface area contributed by atoms with Gasteiger partial charge in [-0.05, 0) is 35.8 Å². The Labute approximate surface area is 228 Å². The van der Waals surface area contributed by atoms with Crippen LogP contribution in [0.5, 0.6) is 0 Å². The van der Waals surface area contributed by atoms with Gasteiger partial charge in [-0.2, -0.15) is 5.10 Å². The van der Waals surface area contributed by atoms with Gasteiger partial charge in [0.2, 0.25) is 5.91 Å². The molecule has 1 aliphatic heterocycles. The van der Waals surface area contributed by atoms with Crippen LogP contribution in [0.1, 0.15) is 23.4 Å². The summed E-state index contributed by atoms with van der Waals surface area (Å²) in [6.45, 7) is 2.84. The average Bonchev–Trinajstić information content (AvgIpc) is 3.25. The van der Waals surface area contributed by atoms with Crippen LogP contribution >= 0.6 is 0 Å². The molecule has 2 aromatic heterocycles. The maximum atomic E-state index is 13.0. The number of benzene rings is 3. The molecule has 0 radical (unpaired) electrons. The number of amides is 1. The lowest BCUT2D eigenvalue weighted by molar-refractivity contribution is -0.125. The Bertz CT molecular complexity index is 1580. The van der Waals surface area contributed by atoms with Gasteiger partial charge in [-0.3, -0.25) is 4.79 Å². The molecule has 7 heteroatoms. The second-order valence-electron chi connectivity index (χ2n) is 9.66. The molecule has 1 aliphatic rings. The van der Waals surface area contributed by atoms with E-state index in [9.17, 15) is 4.79 Å². The number of hydrogen-bond donors (Lipinski definition) is 0. The van der Waals surface area contributed by atoms with Crippen LogP contribution in [0.4, 0.5) is 5.82 Å². The number of anilines is 1. The highest BCUT2D eigenvalue weighted by Gasteiger charge is 2.23. The zero-order valence-corrected chi connectivity index (χ0v) is 21.7. The smallest absolute Gasteiger partial charge is 0.246 e. The first-order valence-corrected chi connectivity index (χ1v) is 13.4. The topological polar surface area (TPSA) is 67.2 Å². The van der Waals surface area contributed by atoms with Crippen LogP contribution in [0.2, 0.25) is 0 Å². The molecular weight excluding hydrogens is 484 g/mol. The fourth-order valence-electron chi connectivity index (χ4n) is 4.98. The Kier molecular flexibility index (Phi) is 7.12. The summed E-state index contributed by atoms with van der Waals surface area (Å²) in [5, 5.41) is 5.62. The van der Waals surface area contributed by atoms with Crippen LogP contribution in [-0.2, 0) is 11.2 Å². The number of hydrogen-bond acceptors (Lipinski definition) is 5. The molecular formula is C32H30N6O. The lowest BCUT2D eigenvalue weighted by atomic mass is 10.1. The number of rotatable bonds is 6. The molecule has 6 rings (SSSR count). The van der Waals surface area contributed by atoms with Crippen LogP contribution in [0.15, 0.2) is 103 Å². The number of aromatic nitrogens is 4. The van der Waals surface area contributed by atoms with E-state index < -0.39 is 0 Å². The fourth-order valence-corrected chi connectivity index (χ4v) is 4.98. The molecule has 3 aromatic carbocycles. The van der Waals surface area contributed by atoms with Gasteiger partial charge >= 0.3 is 0 Å². The van der Waals surface area contributed by atoms with E-state index in [0.717, 1.165) is 52.5 Å². The number of carbonyl (C=O) groups is 1. The summed E-state index contributed by atoms with van der Waals surface area (Å²) in [4.78, 5) is 27.2. The van der Waals surface area contributed by atoms with Crippen molar-refractivity contribution in [1.82, 2.24) is 24.6 Å². The molecule has 1 fully saturated rings. The molecule has 3 heterocycles. The zero-order chi connectivity index (χ0) is 26.4. The van der Waals surface area contributed by atoms with E-state index >= 15 is 0 Å². The molecule has 0 N–H and O–H groups in total. The summed E-state index contributed by atoms with van der Waals surface area (Å²) in [5.74, 6) is 1.67. The Hall–Kier alpha value is -4.78. The summed E-state index contributed by atoms with van der Waals surface area (Å²) >= 11 is 0. The lowest BCUT2D eigenvalue weighted by Crippen LogP contribution is -2.34. The monoisotopic (exact) mass is 514 g/mol. The van der Waals surface area contributed by atoms with Crippen LogP contribution in [0.25, 0.3) is 22.8 Å². The summed E-state index contributed by atoms with van der Waals surface area (Å²) < 4.78 is 1.89. The van der Waals surface area contributed by atoms with Crippen LogP contribution in [0.3, 0.4) is 0 Å². The van der Waals surface area contributed by atoms with Crippen LogP contribution in [-0.4, -0.2) is 56.7 Å². The molecule has 7 nitrogen and oxygen atoms in total. The van der Waals surface area contributed by atoms with Gasteiger partial charge in [0, 0.05) is 38.7 Å². The standard InChI is InChI=1S/C32H30N6O/c39-30(18-17-25-11-4-1-5-12-25)36-19-10-20-37(22-21-36)31-28-24-33-38(27-15-8-3-9-16-27)32(28)35-29(34-31)23-26-13-6-2-7-14-26/h1-9,11-18,24H,10,19-23H2/b18-17+. The van der Waals surface area contributed by atoms with E-state index in [2.05, 4.69) is 17.0 Å². The number of carbonyl (C=O) groups excluding carboxylic acids is 1. The summed E-state index contributed by atoms with van der Waals surface area (Å²) in [6, 6.07) is 30.3. The molecule has 0 atom stereocenters. The van der Waals surface area contributed by atoms with Gasteiger partial charge in [-0.25, -0.2) is 14.6 Å². The van der Waals surface area contributed by atoms with E-state index in [1.165, 1.54) is 0 Å². The molecule has 0 aliphatic carbocycles. The predicted molar refractivity (Wildman–Crippen MR) is 155 cm³/mol. The summed E-state index contributed by atoms with van der Waals surface area (Å²) in [5.41, 5.74) is 3.93. The molecule has 5 aromatic rings. The molecule has 1 amide bonds. The third-order valence-corrected chi connectivity index (χ3v) is 6.99. The Morgan fingerprint density at radius 3 is 2.28 bits per heavy atom. The molecule has 0 bridgehead atoms. The van der Waals surface area contributed by atoms with E-state index in [1.807, 2.05) is 101 Å². The van der Waals surface area contributed by atoms with Gasteiger partial charge in [-0.15, -0.1) is 0 Å². The predicted octanol–water partition coefficient (Wildman–Crippen LogP) is 5.16. The Morgan fingerprint density at radius 1 is 0.795 bits per heavy atom. The highest BCUT2D eigenvalue weighted by Crippen LogP contribution is 2.27. The summed E-state index contributed by atoms with van der Waals surface area (Å²) in [6.07, 6.45) is 6.91. The van der Waals surface area contributed by atoms with Gasteiger partial charge < -0.3 is 9.80 Å². The second kappa shape index (κ2) is 11.3. The molecule has 0 spiro atoms. The van der Waals surface area contributed by atoms with Crippen molar-refractivity contribution in [1.29, 1.82) is 0 Å². The molecule has 0 unspecified atom stereocenters. The van der Waals surface area contributed by atoms with Crippen molar-refractivity contribution in [2.75, 3.05) is 31.1 Å². The minimum absolute atomic E-state index is 0.0372. The van der Waals surface area contributed by atoms with Crippen LogP contribution < -0.4 is 4.90 Å². The fraction of sp³-hybridized carbons (Fsp3) is 0.188. The maximum Gasteiger partial charge on any atom is 0.246 e. The van der Waals surface area contributed by atoms with Crippen molar-refractivity contribution in [3.63, 3.8) is 0 Å². The van der Waals surface area contributed by atoms with Gasteiger partial charge in [0.05, 0.1) is 17.3 Å². The van der Waals surface area contributed by atoms with E-state index in [-0.39, 0.29) is 5.91 Å². The van der Waals surface area contributed by atoms with Crippen molar-refractivity contribution in [2.45, 2.75) is 12.8 Å². The number of fused-ring (bicyclic) bond motifs is 1. The maximum absolute atomic E-state index is 13.0. The van der Waals surface area contributed by atoms with Gasteiger partial charge in [-0.1, -0.05) is 78.9 Å². The van der Waals surface area contributed by atoms with Crippen molar-refractivity contribution in [2.24, 2.45) is 0 Å². The SMILES string of the molecule is O=C(/C=C/c1ccccc1)N1CCCN(c2nc(Cc3ccccc3)nc3c2cnn3-c2ccccc2)CC1. The Morgan fingerprint density at radius 2 is 1.51 bits per heavy atom. The quantitative estimate of drug-likeness (QED) is 0.293. The average molecular weight is 515 g/mol. The first-order chi connectivity index (χ1) is 19.2. The highest BCUT2D eigenvalue weighted by atomic mass is 16.2. The first-order valence-electron chi connectivity index (χ1n) is 13.4. The van der Waals surface area contributed by atoms with Crippen molar-refractivity contribution < 1.29 is 4.79 Å². The largest absolute Gasteiger partial charge is 0.354 e. The van der Waals surface area contributed by atoms with E-state index in [1.54, 1.807) is 6.08 Å². The van der Waals surface area contributed by atoms with Gasteiger partial charge in [0.15, 0.2) is 5.65 Å².